The fourth-order valence-electron chi connectivity index (χ4n) is 1.13. The number of anilines is 1. The normalized spacial score (nSPS) is 9.76. The van der Waals surface area contributed by atoms with E-state index >= 15 is 0 Å². The number of hydrogen-bond acceptors (Lipinski definition) is 3. The van der Waals surface area contributed by atoms with Gasteiger partial charge in [0.2, 0.25) is 11.8 Å². The van der Waals surface area contributed by atoms with Gasteiger partial charge >= 0.3 is 0 Å². The van der Waals surface area contributed by atoms with E-state index in [1.54, 1.807) is 6.07 Å². The van der Waals surface area contributed by atoms with Gasteiger partial charge in [0.15, 0.2) is 0 Å². The third-order valence-corrected chi connectivity index (χ3v) is 2.85. The highest BCUT2D eigenvalue weighted by atomic mass is 79.9. The van der Waals surface area contributed by atoms with Crippen molar-refractivity contribution >= 4 is 46.1 Å². The van der Waals surface area contributed by atoms with Crippen molar-refractivity contribution in [1.82, 2.24) is 5.32 Å². The van der Waals surface area contributed by atoms with E-state index < -0.39 is 0 Å². The van der Waals surface area contributed by atoms with Crippen LogP contribution in [-0.4, -0.2) is 24.1 Å². The summed E-state index contributed by atoms with van der Waals surface area (Å²) in [7, 11) is 0. The number of carbonyl (C=O) groups is 2. The molecule has 2 amide bonds. The van der Waals surface area contributed by atoms with Gasteiger partial charge in [0.1, 0.15) is 0 Å². The standard InChI is InChI=1S/C11H13BrN2O2S/c12-8-3-1-2-4-9(8)14-11(16)7-13-10(15)5-6-17/h1-4,17H,5-7H2,(H,13,15)(H,14,16). The van der Waals surface area contributed by atoms with Crippen LogP contribution < -0.4 is 10.6 Å². The van der Waals surface area contributed by atoms with Crippen LogP contribution in [0.4, 0.5) is 5.69 Å². The molecule has 6 heteroatoms. The van der Waals surface area contributed by atoms with Crippen molar-refractivity contribution in [3.63, 3.8) is 0 Å². The summed E-state index contributed by atoms with van der Waals surface area (Å²) in [6.45, 7) is -0.0338. The van der Waals surface area contributed by atoms with Crippen LogP contribution in [0.2, 0.25) is 0 Å². The lowest BCUT2D eigenvalue weighted by Crippen LogP contribution is -2.32. The minimum atomic E-state index is -0.260. The average molecular weight is 317 g/mol. The van der Waals surface area contributed by atoms with Crippen molar-refractivity contribution in [2.45, 2.75) is 6.42 Å². The molecule has 1 aromatic carbocycles. The second kappa shape index (κ2) is 7.34. The Kier molecular flexibility index (Phi) is 6.07. The molecule has 0 unspecified atom stereocenters. The second-order valence-electron chi connectivity index (χ2n) is 3.28. The number of nitrogens with one attached hydrogen (secondary N) is 2. The molecule has 0 spiro atoms. The van der Waals surface area contributed by atoms with Gasteiger partial charge in [-0.2, -0.15) is 12.6 Å². The van der Waals surface area contributed by atoms with Crippen molar-refractivity contribution < 1.29 is 9.59 Å². The summed E-state index contributed by atoms with van der Waals surface area (Å²) in [5, 5.41) is 5.20. The first-order valence-electron chi connectivity index (χ1n) is 5.05. The summed E-state index contributed by atoms with van der Waals surface area (Å²) in [5.74, 6) is 0.0317. The molecular formula is C11H13BrN2O2S. The molecule has 1 rings (SSSR count). The summed E-state index contributed by atoms with van der Waals surface area (Å²) in [5.41, 5.74) is 0.681. The van der Waals surface area contributed by atoms with E-state index in [1.807, 2.05) is 18.2 Å². The molecule has 17 heavy (non-hydrogen) atoms. The topological polar surface area (TPSA) is 58.2 Å². The molecule has 0 radical (unpaired) electrons. The van der Waals surface area contributed by atoms with E-state index in [0.717, 1.165) is 4.47 Å². The van der Waals surface area contributed by atoms with Gasteiger partial charge in [-0.25, -0.2) is 0 Å². The molecule has 0 aliphatic rings. The van der Waals surface area contributed by atoms with Crippen LogP contribution in [0.25, 0.3) is 0 Å². The molecule has 0 saturated heterocycles. The first-order chi connectivity index (χ1) is 8.13. The van der Waals surface area contributed by atoms with E-state index in [4.69, 9.17) is 0 Å². The molecule has 2 N–H and O–H groups in total. The fraction of sp³-hybridized carbons (Fsp3) is 0.273. The zero-order valence-electron chi connectivity index (χ0n) is 9.07. The summed E-state index contributed by atoms with van der Waals surface area (Å²) in [4.78, 5) is 22.6. The molecular weight excluding hydrogens is 304 g/mol. The quantitative estimate of drug-likeness (QED) is 0.726. The van der Waals surface area contributed by atoms with Gasteiger partial charge in [-0.3, -0.25) is 9.59 Å². The highest BCUT2D eigenvalue weighted by Crippen LogP contribution is 2.20. The van der Waals surface area contributed by atoms with Crippen LogP contribution in [0, 0.1) is 0 Å². The van der Waals surface area contributed by atoms with Gasteiger partial charge in [-0.15, -0.1) is 0 Å². The maximum absolute atomic E-state index is 11.5. The zero-order chi connectivity index (χ0) is 12.7. The van der Waals surface area contributed by atoms with E-state index in [9.17, 15) is 9.59 Å². The Bertz CT molecular complexity index is 412. The number of carbonyl (C=O) groups excluding carboxylic acids is 2. The van der Waals surface area contributed by atoms with Gasteiger partial charge in [-0.05, 0) is 33.8 Å². The molecule has 4 nitrogen and oxygen atoms in total. The third kappa shape index (κ3) is 5.23. The van der Waals surface area contributed by atoms with Crippen molar-refractivity contribution in [3.05, 3.63) is 28.7 Å². The lowest BCUT2D eigenvalue weighted by atomic mass is 10.3. The molecule has 1 aromatic rings. The molecule has 0 atom stereocenters. The molecule has 92 valence electrons. The zero-order valence-corrected chi connectivity index (χ0v) is 11.6. The SMILES string of the molecule is O=C(CCS)NCC(=O)Nc1ccccc1Br. The third-order valence-electron chi connectivity index (χ3n) is 1.93. The molecule has 0 bridgehead atoms. The molecule has 0 aliphatic carbocycles. The fourth-order valence-corrected chi connectivity index (χ4v) is 1.71. The largest absolute Gasteiger partial charge is 0.347 e. The van der Waals surface area contributed by atoms with E-state index in [-0.39, 0.29) is 18.4 Å². The summed E-state index contributed by atoms with van der Waals surface area (Å²) in [6.07, 6.45) is 0.311. The van der Waals surface area contributed by atoms with Crippen molar-refractivity contribution in [3.8, 4) is 0 Å². The van der Waals surface area contributed by atoms with Crippen LogP contribution in [0.3, 0.4) is 0 Å². The van der Waals surface area contributed by atoms with Gasteiger partial charge in [0.05, 0.1) is 12.2 Å². The monoisotopic (exact) mass is 316 g/mol. The number of benzene rings is 1. The van der Waals surface area contributed by atoms with Crippen molar-refractivity contribution in [2.75, 3.05) is 17.6 Å². The van der Waals surface area contributed by atoms with E-state index in [1.165, 1.54) is 0 Å². The van der Waals surface area contributed by atoms with Crippen LogP contribution in [0.1, 0.15) is 6.42 Å². The number of amides is 2. The molecule has 0 saturated carbocycles. The van der Waals surface area contributed by atoms with Crippen molar-refractivity contribution in [2.24, 2.45) is 0 Å². The predicted molar refractivity (Wildman–Crippen MR) is 74.3 cm³/mol. The predicted octanol–water partition coefficient (Wildman–Crippen LogP) is 1.82. The number of para-hydroxylation sites is 1. The smallest absolute Gasteiger partial charge is 0.243 e. The Morgan fingerprint density at radius 3 is 2.59 bits per heavy atom. The number of hydrogen-bond donors (Lipinski definition) is 3. The Hall–Kier alpha value is -1.01. The Labute approximate surface area is 114 Å². The molecule has 0 fully saturated rings. The minimum absolute atomic E-state index is 0.0338. The second-order valence-corrected chi connectivity index (χ2v) is 4.58. The maximum Gasteiger partial charge on any atom is 0.243 e. The summed E-state index contributed by atoms with van der Waals surface area (Å²) in [6, 6.07) is 7.28. The number of thiol groups is 1. The van der Waals surface area contributed by atoms with Crippen molar-refractivity contribution in [1.29, 1.82) is 0 Å². The lowest BCUT2D eigenvalue weighted by molar-refractivity contribution is -0.123. The van der Waals surface area contributed by atoms with Crippen LogP contribution in [0.15, 0.2) is 28.7 Å². The summed E-state index contributed by atoms with van der Waals surface area (Å²) >= 11 is 7.25. The first-order valence-corrected chi connectivity index (χ1v) is 6.48. The van der Waals surface area contributed by atoms with Crippen LogP contribution in [-0.2, 0) is 9.59 Å². The lowest BCUT2D eigenvalue weighted by Gasteiger charge is -2.07. The van der Waals surface area contributed by atoms with Gasteiger partial charge < -0.3 is 10.6 Å². The maximum atomic E-state index is 11.5. The molecule has 0 aliphatic heterocycles. The average Bonchev–Trinajstić information content (AvgIpc) is 2.30. The Morgan fingerprint density at radius 1 is 1.24 bits per heavy atom. The number of rotatable bonds is 5. The Balaban J connectivity index is 2.40. The highest BCUT2D eigenvalue weighted by Gasteiger charge is 2.06. The van der Waals surface area contributed by atoms with Crippen LogP contribution >= 0.6 is 28.6 Å². The number of halogens is 1. The highest BCUT2D eigenvalue weighted by molar-refractivity contribution is 9.10. The van der Waals surface area contributed by atoms with E-state index in [0.29, 0.717) is 17.9 Å². The van der Waals surface area contributed by atoms with Crippen LogP contribution in [0.5, 0.6) is 0 Å². The van der Waals surface area contributed by atoms with E-state index in [2.05, 4.69) is 39.2 Å². The summed E-state index contributed by atoms with van der Waals surface area (Å²) < 4.78 is 0.801. The molecule has 0 heterocycles. The van der Waals surface area contributed by atoms with Gasteiger partial charge in [0, 0.05) is 10.9 Å². The van der Waals surface area contributed by atoms with Gasteiger partial charge in [-0.1, -0.05) is 12.1 Å². The first kappa shape index (κ1) is 14.1. The molecule has 0 aromatic heterocycles. The van der Waals surface area contributed by atoms with Gasteiger partial charge in [0.25, 0.3) is 0 Å². The Morgan fingerprint density at radius 2 is 1.94 bits per heavy atom. The minimum Gasteiger partial charge on any atom is -0.347 e.